The van der Waals surface area contributed by atoms with Gasteiger partial charge < -0.3 is 20.1 Å². The smallest absolute Gasteiger partial charge is 0.190 e. The lowest BCUT2D eigenvalue weighted by molar-refractivity contribution is 0.0698. The van der Waals surface area contributed by atoms with E-state index in [1.54, 1.807) is 14.2 Å². The molecule has 0 radical (unpaired) electrons. The van der Waals surface area contributed by atoms with Crippen LogP contribution in [0.2, 0.25) is 0 Å². The zero-order chi connectivity index (χ0) is 15.6. The van der Waals surface area contributed by atoms with E-state index in [-0.39, 0.29) is 0 Å². The molecule has 0 aromatic heterocycles. The number of hydrogen-bond donors (Lipinski definition) is 2. The standard InChI is InChI=1S/C17H27N3O2/c1-18-17(19-8-5-9-22-11-10-21-2)20-13-15-12-14-6-3-4-7-16(14)15/h3-4,6-7,15H,5,8-13H2,1-2H3,(H2,18,19,20). The van der Waals surface area contributed by atoms with Crippen molar-refractivity contribution >= 4 is 5.96 Å². The monoisotopic (exact) mass is 305 g/mol. The van der Waals surface area contributed by atoms with Crippen LogP contribution >= 0.6 is 0 Å². The first-order valence-electron chi connectivity index (χ1n) is 7.94. The summed E-state index contributed by atoms with van der Waals surface area (Å²) >= 11 is 0. The maximum atomic E-state index is 5.43. The Morgan fingerprint density at radius 2 is 2.09 bits per heavy atom. The summed E-state index contributed by atoms with van der Waals surface area (Å²) < 4.78 is 10.4. The van der Waals surface area contributed by atoms with Crippen LogP contribution in [-0.4, -0.2) is 53.0 Å². The molecule has 0 spiro atoms. The molecule has 1 atom stereocenters. The lowest BCUT2D eigenvalue weighted by Crippen LogP contribution is -2.41. The fourth-order valence-electron chi connectivity index (χ4n) is 2.61. The van der Waals surface area contributed by atoms with Gasteiger partial charge in [0.1, 0.15) is 0 Å². The lowest BCUT2D eigenvalue weighted by Gasteiger charge is -2.30. The van der Waals surface area contributed by atoms with Crippen molar-refractivity contribution < 1.29 is 9.47 Å². The number of methoxy groups -OCH3 is 1. The van der Waals surface area contributed by atoms with E-state index in [2.05, 4.69) is 39.9 Å². The quantitative estimate of drug-likeness (QED) is 0.413. The average molecular weight is 305 g/mol. The molecule has 1 aliphatic rings. The van der Waals surface area contributed by atoms with Gasteiger partial charge in [-0.25, -0.2) is 0 Å². The summed E-state index contributed by atoms with van der Waals surface area (Å²) in [6.45, 7) is 3.84. The number of fused-ring (bicyclic) bond motifs is 1. The van der Waals surface area contributed by atoms with E-state index in [0.717, 1.165) is 38.5 Å². The highest BCUT2D eigenvalue weighted by atomic mass is 16.5. The van der Waals surface area contributed by atoms with Crippen molar-refractivity contribution in [2.24, 2.45) is 4.99 Å². The predicted molar refractivity (Wildman–Crippen MR) is 89.6 cm³/mol. The zero-order valence-corrected chi connectivity index (χ0v) is 13.6. The van der Waals surface area contributed by atoms with Gasteiger partial charge in [0.2, 0.25) is 0 Å². The van der Waals surface area contributed by atoms with Crippen LogP contribution in [0.15, 0.2) is 29.3 Å². The van der Waals surface area contributed by atoms with Gasteiger partial charge in [-0.05, 0) is 24.0 Å². The molecule has 122 valence electrons. The summed E-state index contributed by atoms with van der Waals surface area (Å²) in [5, 5.41) is 6.72. The number of benzene rings is 1. The predicted octanol–water partition coefficient (Wildman–Crippen LogP) is 1.54. The largest absolute Gasteiger partial charge is 0.382 e. The number of hydrogen-bond acceptors (Lipinski definition) is 3. The molecule has 0 bridgehead atoms. The van der Waals surface area contributed by atoms with Gasteiger partial charge in [-0.1, -0.05) is 24.3 Å². The Morgan fingerprint density at radius 1 is 1.23 bits per heavy atom. The molecule has 0 heterocycles. The summed E-state index contributed by atoms with van der Waals surface area (Å²) in [5.74, 6) is 1.47. The third-order valence-electron chi connectivity index (χ3n) is 3.89. The normalized spacial score (nSPS) is 16.8. The Balaban J connectivity index is 1.57. The van der Waals surface area contributed by atoms with Crippen LogP contribution < -0.4 is 10.6 Å². The molecule has 2 rings (SSSR count). The minimum Gasteiger partial charge on any atom is -0.382 e. The summed E-state index contributed by atoms with van der Waals surface area (Å²) in [4.78, 5) is 4.26. The summed E-state index contributed by atoms with van der Waals surface area (Å²) in [6.07, 6.45) is 2.12. The van der Waals surface area contributed by atoms with Gasteiger partial charge in [-0.2, -0.15) is 0 Å². The fourth-order valence-corrected chi connectivity index (χ4v) is 2.61. The van der Waals surface area contributed by atoms with Gasteiger partial charge in [-0.3, -0.25) is 4.99 Å². The van der Waals surface area contributed by atoms with E-state index < -0.39 is 0 Å². The highest BCUT2D eigenvalue weighted by Crippen LogP contribution is 2.33. The van der Waals surface area contributed by atoms with Gasteiger partial charge in [0.15, 0.2) is 5.96 Å². The van der Waals surface area contributed by atoms with Crippen molar-refractivity contribution in [3.05, 3.63) is 35.4 Å². The fraction of sp³-hybridized carbons (Fsp3) is 0.588. The van der Waals surface area contributed by atoms with E-state index in [4.69, 9.17) is 9.47 Å². The van der Waals surface area contributed by atoms with Gasteiger partial charge in [0, 0.05) is 39.8 Å². The maximum Gasteiger partial charge on any atom is 0.190 e. The number of nitrogens with one attached hydrogen (secondary N) is 2. The van der Waals surface area contributed by atoms with Crippen LogP contribution in [0.3, 0.4) is 0 Å². The highest BCUT2D eigenvalue weighted by Gasteiger charge is 2.25. The van der Waals surface area contributed by atoms with Crippen molar-refractivity contribution in [2.45, 2.75) is 18.8 Å². The highest BCUT2D eigenvalue weighted by molar-refractivity contribution is 5.79. The van der Waals surface area contributed by atoms with E-state index in [0.29, 0.717) is 19.1 Å². The second-order valence-electron chi connectivity index (χ2n) is 5.44. The zero-order valence-electron chi connectivity index (χ0n) is 13.6. The first-order chi connectivity index (χ1) is 10.8. The summed E-state index contributed by atoms with van der Waals surface area (Å²) in [6, 6.07) is 8.65. The van der Waals surface area contributed by atoms with Gasteiger partial charge >= 0.3 is 0 Å². The molecule has 22 heavy (non-hydrogen) atoms. The molecule has 5 nitrogen and oxygen atoms in total. The average Bonchev–Trinajstić information content (AvgIpc) is 2.53. The third kappa shape index (κ3) is 5.00. The minimum absolute atomic E-state index is 0.604. The van der Waals surface area contributed by atoms with Gasteiger partial charge in [0.25, 0.3) is 0 Å². The molecule has 1 unspecified atom stereocenters. The number of rotatable bonds is 9. The van der Waals surface area contributed by atoms with Crippen molar-refractivity contribution in [1.82, 2.24) is 10.6 Å². The number of guanidine groups is 1. The SMILES string of the molecule is CN=C(NCCCOCCOC)NCC1Cc2ccccc21. The Hall–Kier alpha value is -1.59. The van der Waals surface area contributed by atoms with E-state index in [1.807, 2.05) is 0 Å². The second kappa shape index (κ2) is 9.43. The topological polar surface area (TPSA) is 54.9 Å². The number of nitrogens with zero attached hydrogens (tertiary/aromatic N) is 1. The molecule has 0 fully saturated rings. The van der Waals surface area contributed by atoms with E-state index >= 15 is 0 Å². The van der Waals surface area contributed by atoms with Crippen LogP contribution in [0.5, 0.6) is 0 Å². The van der Waals surface area contributed by atoms with Crippen LogP contribution in [-0.2, 0) is 15.9 Å². The van der Waals surface area contributed by atoms with Crippen molar-refractivity contribution in [2.75, 3.05) is 47.1 Å². The Bertz CT molecular complexity index is 477. The Labute approximate surface area is 133 Å². The molecule has 2 N–H and O–H groups in total. The lowest BCUT2D eigenvalue weighted by atomic mass is 9.78. The molecule has 1 aromatic carbocycles. The van der Waals surface area contributed by atoms with Crippen LogP contribution in [0.25, 0.3) is 0 Å². The van der Waals surface area contributed by atoms with E-state index in [1.165, 1.54) is 11.1 Å². The number of aliphatic imine (C=N–C) groups is 1. The third-order valence-corrected chi connectivity index (χ3v) is 3.89. The molecule has 0 saturated carbocycles. The molecular weight excluding hydrogens is 278 g/mol. The molecule has 0 saturated heterocycles. The molecule has 0 amide bonds. The Morgan fingerprint density at radius 3 is 2.86 bits per heavy atom. The van der Waals surface area contributed by atoms with E-state index in [9.17, 15) is 0 Å². The van der Waals surface area contributed by atoms with Crippen molar-refractivity contribution in [1.29, 1.82) is 0 Å². The summed E-state index contributed by atoms with van der Waals surface area (Å²) in [7, 11) is 3.49. The minimum atomic E-state index is 0.604. The second-order valence-corrected chi connectivity index (χ2v) is 5.44. The molecular formula is C17H27N3O2. The van der Waals surface area contributed by atoms with Crippen molar-refractivity contribution in [3.63, 3.8) is 0 Å². The molecule has 1 aromatic rings. The van der Waals surface area contributed by atoms with Crippen LogP contribution in [0.1, 0.15) is 23.5 Å². The first kappa shape index (κ1) is 16.8. The van der Waals surface area contributed by atoms with Gasteiger partial charge in [0.05, 0.1) is 13.2 Å². The first-order valence-corrected chi connectivity index (χ1v) is 7.94. The Kier molecular flexibility index (Phi) is 7.19. The molecule has 5 heteroatoms. The summed E-state index contributed by atoms with van der Waals surface area (Å²) in [5.41, 5.74) is 2.95. The molecule has 1 aliphatic carbocycles. The van der Waals surface area contributed by atoms with Crippen LogP contribution in [0.4, 0.5) is 0 Å². The molecule has 0 aliphatic heterocycles. The van der Waals surface area contributed by atoms with Crippen LogP contribution in [0, 0.1) is 0 Å². The van der Waals surface area contributed by atoms with Gasteiger partial charge in [-0.15, -0.1) is 0 Å². The number of ether oxygens (including phenoxy) is 2. The van der Waals surface area contributed by atoms with Crippen molar-refractivity contribution in [3.8, 4) is 0 Å². The maximum absolute atomic E-state index is 5.43.